The number of rotatable bonds is 7. The molecule has 12 heteroatoms. The standard InChI is InChI=1S/C33H38N6O6/c1-19-16-39(20(2)18-40)31(41)25-13-9-15-27(35-32(42)34-26-14-8-11-23-10-6-7-12-24(23)26)30(25)44-28(19)17-38(5)33(43)36-29-21(3)37-45-22(29)4/h6-15,19-20,28,40H,16-18H2,1-5H3,(H,36,43)(H2,34,35,42)/t19-,20+,28+/m0/s1. The highest BCUT2D eigenvalue weighted by Gasteiger charge is 2.35. The summed E-state index contributed by atoms with van der Waals surface area (Å²) in [4.78, 5) is 43.4. The number of carbonyl (C=O) groups excluding carboxylic acids is 3. The monoisotopic (exact) mass is 614 g/mol. The van der Waals surface area contributed by atoms with Gasteiger partial charge in [-0.1, -0.05) is 54.5 Å². The van der Waals surface area contributed by atoms with Gasteiger partial charge in [0.2, 0.25) is 0 Å². The molecular formula is C33H38N6O6. The van der Waals surface area contributed by atoms with Crippen LogP contribution in [0.1, 0.15) is 35.7 Å². The minimum absolute atomic E-state index is 0.155. The second kappa shape index (κ2) is 13.3. The van der Waals surface area contributed by atoms with Crippen LogP contribution in [-0.4, -0.2) is 76.9 Å². The first-order valence-corrected chi connectivity index (χ1v) is 14.8. The van der Waals surface area contributed by atoms with Gasteiger partial charge in [0.15, 0.2) is 11.5 Å². The molecule has 3 aromatic carbocycles. The Kier molecular flexibility index (Phi) is 9.24. The van der Waals surface area contributed by atoms with Gasteiger partial charge in [-0.05, 0) is 44.4 Å². The highest BCUT2D eigenvalue weighted by molar-refractivity contribution is 6.08. The van der Waals surface area contributed by atoms with Crippen molar-refractivity contribution in [2.45, 2.75) is 39.8 Å². The molecule has 45 heavy (non-hydrogen) atoms. The normalized spacial score (nSPS) is 17.0. The Morgan fingerprint density at radius 3 is 2.47 bits per heavy atom. The molecule has 0 spiro atoms. The number of likely N-dealkylation sites (N-methyl/N-ethyl adjacent to an activating group) is 1. The van der Waals surface area contributed by atoms with Gasteiger partial charge in [-0.25, -0.2) is 9.59 Å². The number of aliphatic hydroxyl groups is 1. The number of aromatic nitrogens is 1. The summed E-state index contributed by atoms with van der Waals surface area (Å²) in [5.74, 6) is 0.0765. The molecule has 1 aliphatic heterocycles. The van der Waals surface area contributed by atoms with E-state index in [2.05, 4.69) is 21.1 Å². The summed E-state index contributed by atoms with van der Waals surface area (Å²) in [6.45, 7) is 7.34. The van der Waals surface area contributed by atoms with E-state index >= 15 is 0 Å². The number of benzene rings is 3. The quantitative estimate of drug-likeness (QED) is 0.216. The molecule has 0 saturated carbocycles. The molecule has 236 valence electrons. The van der Waals surface area contributed by atoms with Gasteiger partial charge < -0.3 is 40.1 Å². The Bertz CT molecular complexity index is 1700. The van der Waals surface area contributed by atoms with Crippen LogP contribution in [0.25, 0.3) is 10.8 Å². The third kappa shape index (κ3) is 6.70. The molecule has 1 aliphatic rings. The van der Waals surface area contributed by atoms with E-state index in [4.69, 9.17) is 9.26 Å². The molecule has 4 aromatic rings. The number of carbonyl (C=O) groups is 3. The predicted octanol–water partition coefficient (Wildman–Crippen LogP) is 5.47. The van der Waals surface area contributed by atoms with Crippen molar-refractivity contribution >= 4 is 45.8 Å². The highest BCUT2D eigenvalue weighted by atomic mass is 16.5. The van der Waals surface area contributed by atoms with Crippen LogP contribution in [0, 0.1) is 19.8 Å². The summed E-state index contributed by atoms with van der Waals surface area (Å²) in [7, 11) is 1.64. The largest absolute Gasteiger partial charge is 0.485 e. The van der Waals surface area contributed by atoms with Gasteiger partial charge >= 0.3 is 12.1 Å². The molecule has 5 amide bonds. The number of fused-ring (bicyclic) bond motifs is 2. The third-order valence-electron chi connectivity index (χ3n) is 8.04. The van der Waals surface area contributed by atoms with Crippen LogP contribution in [0.2, 0.25) is 0 Å². The predicted molar refractivity (Wildman–Crippen MR) is 172 cm³/mol. The molecule has 4 N–H and O–H groups in total. The minimum Gasteiger partial charge on any atom is -0.485 e. The van der Waals surface area contributed by atoms with Gasteiger partial charge in [0.1, 0.15) is 17.5 Å². The zero-order chi connectivity index (χ0) is 32.2. The number of aliphatic hydroxyl groups excluding tert-OH is 1. The van der Waals surface area contributed by atoms with E-state index in [9.17, 15) is 19.5 Å². The lowest BCUT2D eigenvalue weighted by Gasteiger charge is -2.38. The van der Waals surface area contributed by atoms with Crippen molar-refractivity contribution < 1.29 is 28.8 Å². The van der Waals surface area contributed by atoms with Crippen molar-refractivity contribution in [2.24, 2.45) is 5.92 Å². The molecule has 2 heterocycles. The molecule has 0 unspecified atom stereocenters. The molecule has 0 saturated heterocycles. The van der Waals surface area contributed by atoms with Crippen molar-refractivity contribution in [3.05, 3.63) is 77.7 Å². The van der Waals surface area contributed by atoms with Gasteiger partial charge in [-0.15, -0.1) is 0 Å². The van der Waals surface area contributed by atoms with E-state index in [1.165, 1.54) is 4.90 Å². The zero-order valence-corrected chi connectivity index (χ0v) is 26.0. The first kappa shape index (κ1) is 31.3. The molecule has 1 aromatic heterocycles. The summed E-state index contributed by atoms with van der Waals surface area (Å²) in [5, 5.41) is 24.3. The summed E-state index contributed by atoms with van der Waals surface area (Å²) < 4.78 is 11.7. The SMILES string of the molecule is Cc1noc(C)c1NC(=O)N(C)C[C@H]1Oc2c(NC(=O)Nc3cccc4ccccc34)cccc2C(=O)N([C@H](C)CO)C[C@@H]1C. The Hall–Kier alpha value is -5.10. The van der Waals surface area contributed by atoms with E-state index in [0.29, 0.717) is 22.8 Å². The van der Waals surface area contributed by atoms with E-state index in [1.54, 1.807) is 50.9 Å². The summed E-state index contributed by atoms with van der Waals surface area (Å²) in [6, 6.07) is 16.9. The number of urea groups is 2. The molecule has 3 atom stereocenters. The number of ether oxygens (including phenoxy) is 1. The first-order chi connectivity index (χ1) is 21.6. The number of anilines is 3. The van der Waals surface area contributed by atoms with Crippen LogP contribution in [-0.2, 0) is 0 Å². The second-order valence-electron chi connectivity index (χ2n) is 11.4. The maximum Gasteiger partial charge on any atom is 0.323 e. The summed E-state index contributed by atoms with van der Waals surface area (Å²) >= 11 is 0. The average Bonchev–Trinajstić information content (AvgIpc) is 3.34. The Morgan fingerprint density at radius 2 is 1.73 bits per heavy atom. The van der Waals surface area contributed by atoms with E-state index in [-0.39, 0.29) is 54.6 Å². The van der Waals surface area contributed by atoms with Gasteiger partial charge in [0.25, 0.3) is 5.91 Å². The fourth-order valence-electron chi connectivity index (χ4n) is 5.39. The molecule has 5 rings (SSSR count). The van der Waals surface area contributed by atoms with Crippen LogP contribution in [0.15, 0.2) is 65.2 Å². The van der Waals surface area contributed by atoms with Gasteiger partial charge in [-0.2, -0.15) is 0 Å². The minimum atomic E-state index is -0.588. The topological polar surface area (TPSA) is 149 Å². The van der Waals surface area contributed by atoms with Crippen molar-refractivity contribution in [1.29, 1.82) is 0 Å². The number of amides is 5. The molecular weight excluding hydrogens is 576 g/mol. The molecule has 0 aliphatic carbocycles. The summed E-state index contributed by atoms with van der Waals surface area (Å²) in [5.41, 5.74) is 2.21. The number of hydrogen-bond donors (Lipinski definition) is 4. The number of nitrogens with one attached hydrogen (secondary N) is 3. The van der Waals surface area contributed by atoms with E-state index < -0.39 is 18.2 Å². The number of nitrogens with zero attached hydrogens (tertiary/aromatic N) is 3. The highest BCUT2D eigenvalue weighted by Crippen LogP contribution is 2.35. The van der Waals surface area contributed by atoms with Crippen LogP contribution in [0.3, 0.4) is 0 Å². The number of hydrogen-bond acceptors (Lipinski definition) is 7. The van der Waals surface area contributed by atoms with Crippen molar-refractivity contribution in [3.63, 3.8) is 0 Å². The van der Waals surface area contributed by atoms with Crippen molar-refractivity contribution in [1.82, 2.24) is 15.0 Å². The zero-order valence-electron chi connectivity index (χ0n) is 26.0. The number of aryl methyl sites for hydroxylation is 2. The van der Waals surface area contributed by atoms with Crippen LogP contribution in [0.5, 0.6) is 5.75 Å². The van der Waals surface area contributed by atoms with E-state index in [1.807, 2.05) is 49.4 Å². The third-order valence-corrected chi connectivity index (χ3v) is 8.04. The van der Waals surface area contributed by atoms with E-state index in [0.717, 1.165) is 10.8 Å². The lowest BCUT2D eigenvalue weighted by atomic mass is 9.99. The van der Waals surface area contributed by atoms with Gasteiger partial charge in [-0.3, -0.25) is 4.79 Å². The Morgan fingerprint density at radius 1 is 1.04 bits per heavy atom. The number of para-hydroxylation sites is 1. The maximum atomic E-state index is 13.8. The molecule has 0 fully saturated rings. The molecule has 0 radical (unpaired) electrons. The van der Waals surface area contributed by atoms with Gasteiger partial charge in [0.05, 0.1) is 36.1 Å². The lowest BCUT2D eigenvalue weighted by molar-refractivity contribution is 0.0373. The van der Waals surface area contributed by atoms with Crippen LogP contribution < -0.4 is 20.7 Å². The van der Waals surface area contributed by atoms with Crippen molar-refractivity contribution in [3.8, 4) is 5.75 Å². The fraction of sp³-hybridized carbons (Fsp3) is 0.333. The maximum absolute atomic E-state index is 13.8. The molecule has 12 nitrogen and oxygen atoms in total. The van der Waals surface area contributed by atoms with Crippen LogP contribution >= 0.6 is 0 Å². The van der Waals surface area contributed by atoms with Gasteiger partial charge in [0, 0.05) is 24.9 Å². The average molecular weight is 615 g/mol. The second-order valence-corrected chi connectivity index (χ2v) is 11.4. The summed E-state index contributed by atoms with van der Waals surface area (Å²) in [6.07, 6.45) is -0.588. The fourth-order valence-corrected chi connectivity index (χ4v) is 5.39. The Labute approximate surface area is 261 Å². The Balaban J connectivity index is 1.43. The smallest absolute Gasteiger partial charge is 0.323 e. The van der Waals surface area contributed by atoms with Crippen molar-refractivity contribution in [2.75, 3.05) is 42.7 Å². The molecule has 0 bridgehead atoms. The lowest BCUT2D eigenvalue weighted by Crippen LogP contribution is -2.50. The first-order valence-electron chi connectivity index (χ1n) is 14.8. The van der Waals surface area contributed by atoms with Crippen LogP contribution in [0.4, 0.5) is 26.7 Å².